The van der Waals surface area contributed by atoms with E-state index < -0.39 is 58.4 Å². The molecule has 0 saturated carbocycles. The highest BCUT2D eigenvalue weighted by molar-refractivity contribution is 6.05. The lowest BCUT2D eigenvalue weighted by Crippen LogP contribution is -2.55. The van der Waals surface area contributed by atoms with Gasteiger partial charge in [0.2, 0.25) is 0 Å². The molecule has 184 valence electrons. The van der Waals surface area contributed by atoms with Crippen LogP contribution in [0.1, 0.15) is 32.7 Å². The topological polar surface area (TPSA) is 169 Å². The van der Waals surface area contributed by atoms with Gasteiger partial charge >= 0.3 is 24.3 Å². The van der Waals surface area contributed by atoms with Crippen LogP contribution in [-0.4, -0.2) is 45.2 Å². The number of hydrogen-bond donors (Lipinski definition) is 4. The first-order chi connectivity index (χ1) is 16.0. The molecule has 1 aromatic heterocycles. The van der Waals surface area contributed by atoms with Crippen molar-refractivity contribution in [2.45, 2.75) is 17.8 Å². The summed E-state index contributed by atoms with van der Waals surface area (Å²) < 4.78 is 79.7. The fraction of sp³-hybridized carbons (Fsp3) is 0.150. The number of aromatic nitrogens is 1. The van der Waals surface area contributed by atoms with Crippen LogP contribution in [0.25, 0.3) is 0 Å². The first-order valence-corrected chi connectivity index (χ1v) is 8.88. The number of carbonyl (C=O) groups is 3. The van der Waals surface area contributed by atoms with Gasteiger partial charge in [-0.05, 0) is 30.3 Å². The zero-order valence-corrected chi connectivity index (χ0v) is 16.9. The summed E-state index contributed by atoms with van der Waals surface area (Å²) in [7, 11) is 0. The van der Waals surface area contributed by atoms with Crippen LogP contribution in [0.4, 0.5) is 26.3 Å². The summed E-state index contributed by atoms with van der Waals surface area (Å²) in [6.07, 6.45) is -10.0. The molecule has 0 fully saturated rings. The van der Waals surface area contributed by atoms with Crippen molar-refractivity contribution in [3.8, 4) is 11.8 Å². The molecule has 0 atom stereocenters. The molecular formula is C20H12F6N4O5. The van der Waals surface area contributed by atoms with Crippen LogP contribution < -0.4 is 11.5 Å². The van der Waals surface area contributed by atoms with E-state index in [1.54, 1.807) is 0 Å². The fourth-order valence-electron chi connectivity index (χ4n) is 2.70. The summed E-state index contributed by atoms with van der Waals surface area (Å²) in [5.74, 6) is -2.85. The van der Waals surface area contributed by atoms with Crippen LogP contribution in [0.3, 0.4) is 0 Å². The summed E-state index contributed by atoms with van der Waals surface area (Å²) in [4.78, 5) is 40.8. The van der Waals surface area contributed by atoms with Crippen molar-refractivity contribution in [2.24, 2.45) is 16.5 Å². The molecule has 1 amide bonds. The van der Waals surface area contributed by atoms with Gasteiger partial charge in [-0.3, -0.25) is 19.4 Å². The average molecular weight is 502 g/mol. The van der Waals surface area contributed by atoms with Crippen molar-refractivity contribution in [1.82, 2.24) is 4.98 Å². The van der Waals surface area contributed by atoms with E-state index >= 15 is 0 Å². The molecule has 0 saturated heterocycles. The standard InChI is InChI=1S/C20H12F6N4O5/c21-19(22,23)12-6-10(5-11(7-12)14(31)30-17(27)28)2-1-9-3-4-13(29-8-9)18(15(32)33,16(34)35)20(24,25)26/h3-8H,(H,32,33)(H,34,35)(H4,27,28,30,31). The lowest BCUT2D eigenvalue weighted by atomic mass is 9.83. The molecule has 0 unspecified atom stereocenters. The maximum absolute atomic E-state index is 13.4. The Morgan fingerprint density at radius 3 is 1.89 bits per heavy atom. The van der Waals surface area contributed by atoms with Gasteiger partial charge in [0.1, 0.15) is 0 Å². The van der Waals surface area contributed by atoms with Gasteiger partial charge in [-0.2, -0.15) is 31.3 Å². The van der Waals surface area contributed by atoms with Gasteiger partial charge < -0.3 is 21.7 Å². The van der Waals surface area contributed by atoms with E-state index in [1.807, 2.05) is 0 Å². The number of nitrogens with two attached hydrogens (primary N) is 2. The van der Waals surface area contributed by atoms with E-state index in [0.717, 1.165) is 12.1 Å². The number of nitrogens with zero attached hydrogens (tertiary/aromatic N) is 2. The van der Waals surface area contributed by atoms with Crippen LogP contribution in [0.5, 0.6) is 0 Å². The number of rotatable bonds is 4. The van der Waals surface area contributed by atoms with Crippen molar-refractivity contribution in [3.63, 3.8) is 0 Å². The summed E-state index contributed by atoms with van der Waals surface area (Å²) in [5.41, 5.74) is 1.93. The molecule has 6 N–H and O–H groups in total. The average Bonchev–Trinajstić information content (AvgIpc) is 2.70. The fourth-order valence-corrected chi connectivity index (χ4v) is 2.70. The highest BCUT2D eigenvalue weighted by atomic mass is 19.4. The molecule has 35 heavy (non-hydrogen) atoms. The third-order valence-corrected chi connectivity index (χ3v) is 4.30. The quantitative estimate of drug-likeness (QED) is 0.162. The third-order valence-electron chi connectivity index (χ3n) is 4.30. The number of hydrogen-bond acceptors (Lipinski definition) is 4. The largest absolute Gasteiger partial charge is 0.480 e. The van der Waals surface area contributed by atoms with E-state index in [-0.39, 0.29) is 11.1 Å². The Morgan fingerprint density at radius 1 is 0.886 bits per heavy atom. The molecule has 0 radical (unpaired) electrons. The number of alkyl halides is 6. The smallest absolute Gasteiger partial charge is 0.421 e. The summed E-state index contributed by atoms with van der Waals surface area (Å²) in [6.45, 7) is 0. The van der Waals surface area contributed by atoms with E-state index in [2.05, 4.69) is 21.8 Å². The van der Waals surface area contributed by atoms with E-state index in [9.17, 15) is 40.7 Å². The number of guanidine groups is 1. The van der Waals surface area contributed by atoms with Gasteiger partial charge in [0.25, 0.3) is 11.3 Å². The number of aliphatic carboxylic acids is 2. The van der Waals surface area contributed by atoms with Gasteiger partial charge in [-0.25, -0.2) is 0 Å². The molecule has 1 aromatic carbocycles. The number of aliphatic imine (C=N–C) groups is 1. The Kier molecular flexibility index (Phi) is 7.10. The Balaban J connectivity index is 2.55. The summed E-state index contributed by atoms with van der Waals surface area (Å²) >= 11 is 0. The number of amides is 1. The Morgan fingerprint density at radius 2 is 1.46 bits per heavy atom. The minimum atomic E-state index is -5.76. The van der Waals surface area contributed by atoms with Crippen molar-refractivity contribution in [2.75, 3.05) is 0 Å². The molecule has 2 aromatic rings. The van der Waals surface area contributed by atoms with Crippen molar-refractivity contribution in [3.05, 3.63) is 64.5 Å². The predicted octanol–water partition coefficient (Wildman–Crippen LogP) is 1.88. The number of carboxylic acids is 2. The van der Waals surface area contributed by atoms with E-state index in [4.69, 9.17) is 21.7 Å². The SMILES string of the molecule is NC(N)=NC(=O)c1cc(C#Cc2ccc(C(C(=O)O)(C(=O)O)C(F)(F)F)nc2)cc(C(F)(F)F)c1. The molecule has 0 aliphatic heterocycles. The maximum atomic E-state index is 13.4. The van der Waals surface area contributed by atoms with Crippen molar-refractivity contribution >= 4 is 23.8 Å². The van der Waals surface area contributed by atoms with Crippen LogP contribution in [0.2, 0.25) is 0 Å². The van der Waals surface area contributed by atoms with Crippen LogP contribution in [0, 0.1) is 11.8 Å². The van der Waals surface area contributed by atoms with Crippen LogP contribution in [-0.2, 0) is 21.2 Å². The highest BCUT2D eigenvalue weighted by Gasteiger charge is 2.69. The number of carboxylic acid groups (broad SMARTS) is 2. The normalized spacial score (nSPS) is 11.7. The molecule has 2 rings (SSSR count). The minimum Gasteiger partial charge on any atom is -0.480 e. The summed E-state index contributed by atoms with van der Waals surface area (Å²) in [5, 5.41) is 18.0. The second-order valence-corrected chi connectivity index (χ2v) is 6.68. The van der Waals surface area contributed by atoms with Crippen LogP contribution in [0.15, 0.2) is 41.5 Å². The van der Waals surface area contributed by atoms with Crippen molar-refractivity contribution < 1.29 is 50.9 Å². The molecule has 0 aliphatic rings. The van der Waals surface area contributed by atoms with E-state index in [0.29, 0.717) is 24.4 Å². The second kappa shape index (κ2) is 9.33. The number of pyridine rings is 1. The molecule has 9 nitrogen and oxygen atoms in total. The number of carbonyl (C=O) groups excluding carboxylic acids is 1. The second-order valence-electron chi connectivity index (χ2n) is 6.68. The summed E-state index contributed by atoms with van der Waals surface area (Å²) in [6, 6.07) is 3.22. The lowest BCUT2D eigenvalue weighted by molar-refractivity contribution is -0.214. The van der Waals surface area contributed by atoms with Gasteiger partial charge in [0.15, 0.2) is 5.96 Å². The monoisotopic (exact) mass is 502 g/mol. The Labute approximate surface area is 191 Å². The molecule has 1 heterocycles. The molecule has 0 aliphatic carbocycles. The van der Waals surface area contributed by atoms with Gasteiger partial charge in [0.05, 0.1) is 11.3 Å². The lowest BCUT2D eigenvalue weighted by Gasteiger charge is -2.26. The number of halogens is 6. The Bertz CT molecular complexity index is 1260. The van der Waals surface area contributed by atoms with Gasteiger partial charge in [-0.1, -0.05) is 11.8 Å². The molecule has 15 heteroatoms. The van der Waals surface area contributed by atoms with Crippen LogP contribution >= 0.6 is 0 Å². The Hall–Kier alpha value is -4.61. The molecule has 0 spiro atoms. The third kappa shape index (κ3) is 5.49. The van der Waals surface area contributed by atoms with E-state index in [1.165, 1.54) is 0 Å². The molecule has 0 bridgehead atoms. The van der Waals surface area contributed by atoms with Gasteiger partial charge in [0, 0.05) is 22.9 Å². The minimum absolute atomic E-state index is 0.213. The van der Waals surface area contributed by atoms with Crippen molar-refractivity contribution in [1.29, 1.82) is 0 Å². The first-order valence-electron chi connectivity index (χ1n) is 8.88. The zero-order chi connectivity index (χ0) is 26.8. The maximum Gasteiger partial charge on any atom is 0.421 e. The number of benzene rings is 1. The molecular weight excluding hydrogens is 490 g/mol. The highest BCUT2D eigenvalue weighted by Crippen LogP contribution is 2.41. The zero-order valence-electron chi connectivity index (χ0n) is 16.9. The first kappa shape index (κ1) is 26.6. The predicted molar refractivity (Wildman–Crippen MR) is 105 cm³/mol. The van der Waals surface area contributed by atoms with Gasteiger partial charge in [-0.15, -0.1) is 0 Å².